The number of carbonyl (C=O) groups is 1. The van der Waals surface area contributed by atoms with Crippen molar-refractivity contribution in [3.63, 3.8) is 0 Å². The summed E-state index contributed by atoms with van der Waals surface area (Å²) in [6.45, 7) is 0.276. The highest BCUT2D eigenvalue weighted by Gasteiger charge is 2.60. The maximum atomic E-state index is 13.1. The van der Waals surface area contributed by atoms with Crippen LogP contribution in [0.5, 0.6) is 5.75 Å². The fraction of sp³-hybridized carbons (Fsp3) is 0.346. The lowest BCUT2D eigenvalue weighted by Gasteiger charge is -2.19. The molecule has 2 fully saturated rings. The summed E-state index contributed by atoms with van der Waals surface area (Å²) in [5.41, 5.74) is 1.37. The first-order chi connectivity index (χ1) is 16.8. The van der Waals surface area contributed by atoms with Crippen molar-refractivity contribution in [1.29, 1.82) is 5.26 Å². The zero-order chi connectivity index (χ0) is 24.8. The highest BCUT2D eigenvalue weighted by atomic mass is 32.2. The first-order valence-corrected chi connectivity index (χ1v) is 13.1. The molecular weight excluding hydrogens is 466 g/mol. The second-order valence-corrected chi connectivity index (χ2v) is 11.9. The van der Waals surface area contributed by atoms with E-state index < -0.39 is 26.1 Å². The van der Waals surface area contributed by atoms with E-state index in [1.54, 1.807) is 49.5 Å². The lowest BCUT2D eigenvalue weighted by Crippen LogP contribution is -2.33. The molecule has 2 aliphatic carbocycles. The monoisotopic (exact) mass is 491 g/mol. The van der Waals surface area contributed by atoms with Crippen LogP contribution in [-0.2, 0) is 23.4 Å². The van der Waals surface area contributed by atoms with Gasteiger partial charge in [-0.15, -0.1) is 0 Å². The van der Waals surface area contributed by atoms with Crippen molar-refractivity contribution in [2.45, 2.75) is 42.2 Å². The van der Waals surface area contributed by atoms with Crippen LogP contribution in [0.25, 0.3) is 10.9 Å². The van der Waals surface area contributed by atoms with Crippen molar-refractivity contribution in [3.8, 4) is 11.8 Å². The van der Waals surface area contributed by atoms with Gasteiger partial charge in [0.25, 0.3) is 11.5 Å². The van der Waals surface area contributed by atoms with Crippen LogP contribution in [0.3, 0.4) is 0 Å². The molecule has 0 saturated heterocycles. The SMILES string of the molecule is Cn1c(=O)c(C(=O)NCc2ccc(C#N)cc2)cc2cccc(OCC3(S(=O)(=O)C4CC4)CC3)c21. The van der Waals surface area contributed by atoms with E-state index in [9.17, 15) is 18.0 Å². The van der Waals surface area contributed by atoms with Crippen molar-refractivity contribution in [2.24, 2.45) is 7.05 Å². The molecule has 2 saturated carbocycles. The molecule has 0 bridgehead atoms. The van der Waals surface area contributed by atoms with Crippen LogP contribution in [-0.4, -0.2) is 35.5 Å². The smallest absolute Gasteiger partial charge is 0.263 e. The first kappa shape index (κ1) is 23.1. The Morgan fingerprint density at radius 3 is 2.54 bits per heavy atom. The van der Waals surface area contributed by atoms with Crippen molar-refractivity contribution >= 4 is 26.6 Å². The maximum absolute atomic E-state index is 13.1. The molecule has 0 aliphatic heterocycles. The van der Waals surface area contributed by atoms with Gasteiger partial charge in [0, 0.05) is 19.0 Å². The van der Waals surface area contributed by atoms with Crippen LogP contribution in [0.2, 0.25) is 0 Å². The summed E-state index contributed by atoms with van der Waals surface area (Å²) >= 11 is 0. The highest BCUT2D eigenvalue weighted by Crippen LogP contribution is 2.50. The summed E-state index contributed by atoms with van der Waals surface area (Å²) < 4.78 is 32.2. The highest BCUT2D eigenvalue weighted by molar-refractivity contribution is 7.94. The molecule has 2 aliphatic rings. The Labute approximate surface area is 203 Å². The van der Waals surface area contributed by atoms with Gasteiger partial charge in [0.15, 0.2) is 9.84 Å². The van der Waals surface area contributed by atoms with E-state index in [1.807, 2.05) is 6.07 Å². The van der Waals surface area contributed by atoms with Crippen LogP contribution in [0.4, 0.5) is 0 Å². The van der Waals surface area contributed by atoms with E-state index in [0.717, 1.165) is 18.4 Å². The minimum Gasteiger partial charge on any atom is -0.490 e. The molecule has 35 heavy (non-hydrogen) atoms. The molecule has 1 aromatic heterocycles. The van der Waals surface area contributed by atoms with Crippen LogP contribution in [0.1, 0.15) is 47.2 Å². The Bertz CT molecular complexity index is 1530. The number of benzene rings is 2. The van der Waals surface area contributed by atoms with E-state index in [0.29, 0.717) is 35.1 Å². The Hall–Kier alpha value is -3.64. The molecule has 1 heterocycles. The average molecular weight is 492 g/mol. The van der Waals surface area contributed by atoms with E-state index in [2.05, 4.69) is 5.32 Å². The van der Waals surface area contributed by atoms with E-state index in [1.165, 1.54) is 10.6 Å². The van der Waals surface area contributed by atoms with Crippen molar-refractivity contribution in [1.82, 2.24) is 9.88 Å². The molecule has 5 rings (SSSR count). The second-order valence-electron chi connectivity index (χ2n) is 9.32. The molecular formula is C26H25N3O5S. The van der Waals surface area contributed by atoms with Gasteiger partial charge in [0.1, 0.15) is 22.7 Å². The van der Waals surface area contributed by atoms with Crippen LogP contribution >= 0.6 is 0 Å². The van der Waals surface area contributed by atoms with Gasteiger partial charge < -0.3 is 14.6 Å². The molecule has 1 amide bonds. The minimum absolute atomic E-state index is 0.000712. The van der Waals surface area contributed by atoms with Gasteiger partial charge in [0.05, 0.1) is 22.4 Å². The number of fused-ring (bicyclic) bond motifs is 1. The number of nitriles is 1. The number of rotatable bonds is 8. The van der Waals surface area contributed by atoms with Gasteiger partial charge in [-0.1, -0.05) is 24.3 Å². The van der Waals surface area contributed by atoms with Crippen molar-refractivity contribution < 1.29 is 17.9 Å². The zero-order valence-electron chi connectivity index (χ0n) is 19.3. The minimum atomic E-state index is -3.21. The third-order valence-electron chi connectivity index (χ3n) is 6.85. The Morgan fingerprint density at radius 1 is 1.20 bits per heavy atom. The number of aromatic nitrogens is 1. The number of sulfone groups is 1. The Balaban J connectivity index is 1.37. The van der Waals surface area contributed by atoms with Gasteiger partial charge in [-0.3, -0.25) is 9.59 Å². The van der Waals surface area contributed by atoms with E-state index in [-0.39, 0.29) is 24.0 Å². The maximum Gasteiger partial charge on any atom is 0.263 e. The number of carbonyl (C=O) groups excluding carboxylic acids is 1. The summed E-state index contributed by atoms with van der Waals surface area (Å²) in [5.74, 6) is -0.0837. The van der Waals surface area contributed by atoms with Gasteiger partial charge in [0.2, 0.25) is 0 Å². The number of para-hydroxylation sites is 1. The lowest BCUT2D eigenvalue weighted by atomic mass is 10.1. The van der Waals surface area contributed by atoms with Crippen molar-refractivity contribution in [3.05, 3.63) is 75.6 Å². The Kier molecular flexibility index (Phi) is 5.64. The number of amides is 1. The lowest BCUT2D eigenvalue weighted by molar-refractivity contribution is 0.0949. The topological polar surface area (TPSA) is 118 Å². The van der Waals surface area contributed by atoms with Gasteiger partial charge >= 0.3 is 0 Å². The number of hydrogen-bond acceptors (Lipinski definition) is 6. The Morgan fingerprint density at radius 2 is 1.91 bits per heavy atom. The summed E-state index contributed by atoms with van der Waals surface area (Å²) in [6.07, 6.45) is 2.64. The third kappa shape index (κ3) is 4.19. The molecule has 0 spiro atoms. The van der Waals surface area contributed by atoms with Gasteiger partial charge in [-0.2, -0.15) is 5.26 Å². The largest absolute Gasteiger partial charge is 0.490 e. The van der Waals surface area contributed by atoms with Crippen molar-refractivity contribution in [2.75, 3.05) is 6.61 Å². The predicted octanol–water partition coefficient (Wildman–Crippen LogP) is 2.83. The second kappa shape index (κ2) is 8.54. The molecule has 0 unspecified atom stereocenters. The van der Waals surface area contributed by atoms with E-state index >= 15 is 0 Å². The standard InChI is InChI=1S/C26H25N3O5S/c1-29-23-19(3-2-4-22(23)34-16-26(11-12-26)35(32,33)20-9-10-20)13-21(25(29)31)24(30)28-15-18-7-5-17(14-27)6-8-18/h2-8,13,20H,9-12,15-16H2,1H3,(H,28,30). The number of pyridine rings is 1. The number of ether oxygens (including phenoxy) is 1. The molecule has 180 valence electrons. The number of nitrogens with zero attached hydrogens (tertiary/aromatic N) is 2. The molecule has 9 heteroatoms. The third-order valence-corrected chi connectivity index (χ3v) is 9.93. The number of hydrogen-bond donors (Lipinski definition) is 1. The number of nitrogens with one attached hydrogen (secondary N) is 1. The summed E-state index contributed by atoms with van der Waals surface area (Å²) in [6, 6.07) is 15.7. The van der Waals surface area contributed by atoms with E-state index in [4.69, 9.17) is 10.00 Å². The first-order valence-electron chi connectivity index (χ1n) is 11.5. The van der Waals surface area contributed by atoms with Crippen LogP contribution in [0.15, 0.2) is 53.3 Å². The molecule has 0 atom stereocenters. The summed E-state index contributed by atoms with van der Waals surface area (Å²) in [5, 5.41) is 12.1. The molecule has 1 N–H and O–H groups in total. The molecule has 3 aromatic rings. The summed E-state index contributed by atoms with van der Waals surface area (Å²) in [7, 11) is -1.64. The van der Waals surface area contributed by atoms with Gasteiger partial charge in [-0.25, -0.2) is 8.42 Å². The average Bonchev–Trinajstić information content (AvgIpc) is 3.77. The molecule has 2 aromatic carbocycles. The summed E-state index contributed by atoms with van der Waals surface area (Å²) in [4.78, 5) is 25.9. The molecule has 0 radical (unpaired) electrons. The normalized spacial score (nSPS) is 16.5. The van der Waals surface area contributed by atoms with Gasteiger partial charge in [-0.05, 0) is 55.5 Å². The quantitative estimate of drug-likeness (QED) is 0.518. The fourth-order valence-electron chi connectivity index (χ4n) is 4.36. The predicted molar refractivity (Wildman–Crippen MR) is 131 cm³/mol. The van der Waals surface area contributed by atoms with Crippen LogP contribution < -0.4 is 15.6 Å². The number of aryl methyl sites for hydroxylation is 1. The fourth-order valence-corrected chi connectivity index (χ4v) is 6.72. The van der Waals surface area contributed by atoms with Crippen LogP contribution in [0, 0.1) is 11.3 Å². The molecule has 8 nitrogen and oxygen atoms in total. The zero-order valence-corrected chi connectivity index (χ0v) is 20.1.